The van der Waals surface area contributed by atoms with E-state index in [1.165, 1.54) is 12.0 Å². The van der Waals surface area contributed by atoms with Gasteiger partial charge >= 0.3 is 0 Å². The number of nitrogens with one attached hydrogen (secondary N) is 1. The molecule has 0 amide bonds. The first kappa shape index (κ1) is 12.4. The number of nitrogens with two attached hydrogens (primary N) is 1. The Morgan fingerprint density at radius 1 is 1.22 bits per heavy atom. The Hall–Kier alpha value is -2.03. The molecule has 1 aromatic heterocycles. The number of pyridine rings is 1. The Morgan fingerprint density at radius 3 is 2.56 bits per heavy atom. The lowest BCUT2D eigenvalue weighted by molar-refractivity contribution is 0.922. The van der Waals surface area contributed by atoms with E-state index in [2.05, 4.69) is 41.5 Å². The van der Waals surface area contributed by atoms with E-state index in [9.17, 15) is 0 Å². The minimum Gasteiger partial charge on any atom is -0.397 e. The second-order valence-electron chi connectivity index (χ2n) is 4.50. The molecule has 3 N–H and O–H groups in total. The number of aryl methyl sites for hydroxylation is 2. The van der Waals surface area contributed by atoms with Crippen LogP contribution in [0.25, 0.3) is 0 Å². The summed E-state index contributed by atoms with van der Waals surface area (Å²) in [6, 6.07) is 10.4. The summed E-state index contributed by atoms with van der Waals surface area (Å²) in [5.74, 6) is 0.824. The summed E-state index contributed by atoms with van der Waals surface area (Å²) in [5.41, 5.74) is 9.92. The number of rotatable bonds is 4. The number of nitrogens with zero attached hydrogens (tertiary/aromatic N) is 1. The second-order valence-corrected chi connectivity index (χ2v) is 4.50. The van der Waals surface area contributed by atoms with Crippen molar-refractivity contribution in [1.29, 1.82) is 0 Å². The fraction of sp³-hybridized carbons (Fsp3) is 0.267. The van der Waals surface area contributed by atoms with Crippen molar-refractivity contribution in [2.45, 2.75) is 26.7 Å². The normalized spacial score (nSPS) is 10.3. The van der Waals surface area contributed by atoms with Gasteiger partial charge in [-0.15, -0.1) is 0 Å². The van der Waals surface area contributed by atoms with Crippen LogP contribution in [-0.4, -0.2) is 4.98 Å². The molecular formula is C15H19N3. The molecule has 3 heteroatoms. The van der Waals surface area contributed by atoms with Crippen molar-refractivity contribution in [2.75, 3.05) is 11.1 Å². The zero-order valence-corrected chi connectivity index (χ0v) is 10.9. The standard InChI is InChI=1S/C15H19N3/c1-3-4-12-5-7-13(8-6-12)18-15-9-11(2)14(16)10-17-15/h5-10H,3-4,16H2,1-2H3,(H,17,18). The first-order chi connectivity index (χ1) is 8.69. The van der Waals surface area contributed by atoms with Gasteiger partial charge in [-0.2, -0.15) is 0 Å². The van der Waals surface area contributed by atoms with Gasteiger partial charge in [0, 0.05) is 5.69 Å². The average molecular weight is 241 g/mol. The van der Waals surface area contributed by atoms with Gasteiger partial charge in [-0.25, -0.2) is 4.98 Å². The number of hydrogen-bond acceptors (Lipinski definition) is 3. The molecule has 0 fully saturated rings. The molecule has 0 saturated heterocycles. The smallest absolute Gasteiger partial charge is 0.130 e. The SMILES string of the molecule is CCCc1ccc(Nc2cc(C)c(N)cn2)cc1. The first-order valence-corrected chi connectivity index (χ1v) is 6.27. The highest BCUT2D eigenvalue weighted by molar-refractivity contribution is 5.59. The fourth-order valence-corrected chi connectivity index (χ4v) is 1.83. The highest BCUT2D eigenvalue weighted by atomic mass is 15.0. The number of nitrogen functional groups attached to an aromatic ring is 1. The van der Waals surface area contributed by atoms with Gasteiger partial charge in [0.1, 0.15) is 5.82 Å². The van der Waals surface area contributed by atoms with Gasteiger partial charge in [0.15, 0.2) is 0 Å². The molecule has 0 atom stereocenters. The first-order valence-electron chi connectivity index (χ1n) is 6.27. The van der Waals surface area contributed by atoms with E-state index in [4.69, 9.17) is 5.73 Å². The van der Waals surface area contributed by atoms with E-state index in [-0.39, 0.29) is 0 Å². The molecule has 0 aliphatic heterocycles. The summed E-state index contributed by atoms with van der Waals surface area (Å²) in [6.45, 7) is 4.17. The maximum absolute atomic E-state index is 5.75. The van der Waals surface area contributed by atoms with Gasteiger partial charge in [0.05, 0.1) is 11.9 Å². The molecule has 0 bridgehead atoms. The van der Waals surface area contributed by atoms with E-state index in [0.29, 0.717) is 0 Å². The summed E-state index contributed by atoms with van der Waals surface area (Å²) in [7, 11) is 0. The number of benzene rings is 1. The fourth-order valence-electron chi connectivity index (χ4n) is 1.83. The predicted octanol–water partition coefficient (Wildman–Crippen LogP) is 3.67. The summed E-state index contributed by atoms with van der Waals surface area (Å²) < 4.78 is 0. The molecule has 2 rings (SSSR count). The van der Waals surface area contributed by atoms with Gasteiger partial charge in [0.25, 0.3) is 0 Å². The predicted molar refractivity (Wildman–Crippen MR) is 77.1 cm³/mol. The van der Waals surface area contributed by atoms with Crippen molar-refractivity contribution in [3.63, 3.8) is 0 Å². The van der Waals surface area contributed by atoms with Crippen molar-refractivity contribution in [3.8, 4) is 0 Å². The number of hydrogen-bond donors (Lipinski definition) is 2. The Kier molecular flexibility index (Phi) is 3.82. The molecule has 0 spiro atoms. The Morgan fingerprint density at radius 2 is 1.94 bits per heavy atom. The second kappa shape index (κ2) is 5.54. The maximum Gasteiger partial charge on any atom is 0.130 e. The molecule has 1 heterocycles. The van der Waals surface area contributed by atoms with Crippen LogP contribution in [0.3, 0.4) is 0 Å². The van der Waals surface area contributed by atoms with Crippen molar-refractivity contribution >= 4 is 17.2 Å². The van der Waals surface area contributed by atoms with Crippen LogP contribution < -0.4 is 11.1 Å². The van der Waals surface area contributed by atoms with Gasteiger partial charge in [0.2, 0.25) is 0 Å². The molecule has 0 unspecified atom stereocenters. The van der Waals surface area contributed by atoms with Crippen molar-refractivity contribution < 1.29 is 0 Å². The Balaban J connectivity index is 2.10. The van der Waals surface area contributed by atoms with Crippen LogP contribution in [0, 0.1) is 6.92 Å². The summed E-state index contributed by atoms with van der Waals surface area (Å²) in [4.78, 5) is 4.26. The highest BCUT2D eigenvalue weighted by Gasteiger charge is 1.99. The maximum atomic E-state index is 5.75. The lowest BCUT2D eigenvalue weighted by Gasteiger charge is -2.08. The monoisotopic (exact) mass is 241 g/mol. The quantitative estimate of drug-likeness (QED) is 0.858. The van der Waals surface area contributed by atoms with Gasteiger partial charge in [-0.05, 0) is 42.7 Å². The molecule has 18 heavy (non-hydrogen) atoms. The Labute approximate surface area is 108 Å². The van der Waals surface area contributed by atoms with Gasteiger partial charge in [-0.1, -0.05) is 25.5 Å². The molecule has 1 aromatic carbocycles. The molecule has 0 radical (unpaired) electrons. The van der Waals surface area contributed by atoms with E-state index < -0.39 is 0 Å². The highest BCUT2D eigenvalue weighted by Crippen LogP contribution is 2.19. The average Bonchev–Trinajstić information content (AvgIpc) is 2.37. The van der Waals surface area contributed by atoms with Crippen molar-refractivity contribution in [2.24, 2.45) is 0 Å². The van der Waals surface area contributed by atoms with E-state index in [0.717, 1.165) is 29.2 Å². The number of aromatic nitrogens is 1. The van der Waals surface area contributed by atoms with Crippen molar-refractivity contribution in [1.82, 2.24) is 4.98 Å². The molecule has 94 valence electrons. The van der Waals surface area contributed by atoms with Crippen LogP contribution in [0.5, 0.6) is 0 Å². The van der Waals surface area contributed by atoms with Crippen LogP contribution >= 0.6 is 0 Å². The van der Waals surface area contributed by atoms with Crippen LogP contribution in [0.1, 0.15) is 24.5 Å². The topological polar surface area (TPSA) is 50.9 Å². The minimum absolute atomic E-state index is 0.721. The van der Waals surface area contributed by atoms with E-state index >= 15 is 0 Å². The van der Waals surface area contributed by atoms with Gasteiger partial charge < -0.3 is 11.1 Å². The number of anilines is 3. The van der Waals surface area contributed by atoms with Crippen LogP contribution in [0.2, 0.25) is 0 Å². The molecule has 0 saturated carbocycles. The molecule has 0 aliphatic rings. The molecule has 0 aliphatic carbocycles. The van der Waals surface area contributed by atoms with Crippen LogP contribution in [-0.2, 0) is 6.42 Å². The lowest BCUT2D eigenvalue weighted by atomic mass is 10.1. The third-order valence-electron chi connectivity index (χ3n) is 2.92. The largest absolute Gasteiger partial charge is 0.397 e. The van der Waals surface area contributed by atoms with E-state index in [1.807, 2.05) is 13.0 Å². The summed E-state index contributed by atoms with van der Waals surface area (Å²) in [5, 5.41) is 3.27. The third kappa shape index (κ3) is 3.00. The lowest BCUT2D eigenvalue weighted by Crippen LogP contribution is -1.97. The molecule has 2 aromatic rings. The summed E-state index contributed by atoms with van der Waals surface area (Å²) in [6.07, 6.45) is 3.98. The van der Waals surface area contributed by atoms with Crippen molar-refractivity contribution in [3.05, 3.63) is 47.7 Å². The minimum atomic E-state index is 0.721. The van der Waals surface area contributed by atoms with Crippen LogP contribution in [0.15, 0.2) is 36.5 Å². The zero-order valence-electron chi connectivity index (χ0n) is 10.9. The van der Waals surface area contributed by atoms with E-state index in [1.54, 1.807) is 6.20 Å². The zero-order chi connectivity index (χ0) is 13.0. The molecule has 3 nitrogen and oxygen atoms in total. The summed E-state index contributed by atoms with van der Waals surface area (Å²) >= 11 is 0. The molecular weight excluding hydrogens is 222 g/mol. The van der Waals surface area contributed by atoms with Gasteiger partial charge in [-0.3, -0.25) is 0 Å². The van der Waals surface area contributed by atoms with Crippen LogP contribution in [0.4, 0.5) is 17.2 Å². The Bertz CT molecular complexity index is 518. The third-order valence-corrected chi connectivity index (χ3v) is 2.92.